The van der Waals surface area contributed by atoms with Gasteiger partial charge in [-0.1, -0.05) is 30.3 Å². The van der Waals surface area contributed by atoms with Crippen LogP contribution >= 0.6 is 0 Å². The first-order valence-corrected chi connectivity index (χ1v) is 7.73. The van der Waals surface area contributed by atoms with Gasteiger partial charge in [-0.3, -0.25) is 5.10 Å². The maximum atomic E-state index is 12.3. The van der Waals surface area contributed by atoms with Gasteiger partial charge >= 0.3 is 15.6 Å². The van der Waals surface area contributed by atoms with Gasteiger partial charge in [0.25, 0.3) is 0 Å². The summed E-state index contributed by atoms with van der Waals surface area (Å²) in [5.74, 6) is -0.446. The van der Waals surface area contributed by atoms with E-state index in [0.29, 0.717) is 16.6 Å². The van der Waals surface area contributed by atoms with Crippen molar-refractivity contribution in [2.45, 2.75) is 5.51 Å². The van der Waals surface area contributed by atoms with E-state index < -0.39 is 21.4 Å². The Hall–Kier alpha value is -2.55. The number of nitrogens with one attached hydrogen (secondary N) is 1. The van der Waals surface area contributed by atoms with Gasteiger partial charge in [0.05, 0.1) is 11.2 Å². The van der Waals surface area contributed by atoms with Crippen molar-refractivity contribution in [1.82, 2.24) is 10.2 Å². The molecule has 0 saturated heterocycles. The second kappa shape index (κ2) is 5.27. The summed E-state index contributed by atoms with van der Waals surface area (Å²) in [5.41, 5.74) is -3.70. The summed E-state index contributed by atoms with van der Waals surface area (Å²) < 4.78 is 63.1. The largest absolute Gasteiger partial charge is 0.534 e. The van der Waals surface area contributed by atoms with Crippen LogP contribution in [-0.2, 0) is 10.1 Å². The van der Waals surface area contributed by atoms with Gasteiger partial charge in [0.15, 0.2) is 0 Å². The Morgan fingerprint density at radius 2 is 1.74 bits per heavy atom. The number of alkyl halides is 3. The molecule has 0 aliphatic carbocycles. The molecule has 23 heavy (non-hydrogen) atoms. The lowest BCUT2D eigenvalue weighted by atomic mass is 10.1. The maximum Gasteiger partial charge on any atom is 0.534 e. The normalized spacial score (nSPS) is 12.5. The first-order valence-electron chi connectivity index (χ1n) is 6.32. The Labute approximate surface area is 128 Å². The van der Waals surface area contributed by atoms with Gasteiger partial charge in [-0.2, -0.15) is 26.7 Å². The highest BCUT2D eigenvalue weighted by Crippen LogP contribution is 2.31. The third-order valence-corrected chi connectivity index (χ3v) is 4.05. The van der Waals surface area contributed by atoms with E-state index in [1.54, 1.807) is 0 Å². The summed E-state index contributed by atoms with van der Waals surface area (Å²) in [6.07, 6.45) is 0. The molecular formula is C14H9F3N2O3S. The Bertz CT molecular complexity index is 950. The Kier molecular flexibility index (Phi) is 3.52. The second-order valence-corrected chi connectivity index (χ2v) is 6.17. The first-order chi connectivity index (χ1) is 10.8. The molecule has 0 aliphatic heterocycles. The summed E-state index contributed by atoms with van der Waals surface area (Å²) in [6.45, 7) is 0. The number of halogens is 3. The molecule has 5 nitrogen and oxygen atoms in total. The highest BCUT2D eigenvalue weighted by molar-refractivity contribution is 7.88. The van der Waals surface area contributed by atoms with Crippen LogP contribution in [0, 0.1) is 0 Å². The van der Waals surface area contributed by atoms with Crippen molar-refractivity contribution in [3.05, 3.63) is 48.5 Å². The van der Waals surface area contributed by atoms with E-state index in [4.69, 9.17) is 0 Å². The number of nitrogens with zero attached hydrogens (tertiary/aromatic N) is 1. The predicted octanol–water partition coefficient (Wildman–Crippen LogP) is 3.46. The number of hydrogen-bond donors (Lipinski definition) is 1. The van der Waals surface area contributed by atoms with E-state index in [1.165, 1.54) is 6.07 Å². The van der Waals surface area contributed by atoms with Crippen LogP contribution in [0.4, 0.5) is 13.2 Å². The Balaban J connectivity index is 1.99. The molecule has 0 spiro atoms. The lowest BCUT2D eigenvalue weighted by Crippen LogP contribution is -2.28. The van der Waals surface area contributed by atoms with Crippen molar-refractivity contribution in [1.29, 1.82) is 0 Å². The minimum Gasteiger partial charge on any atom is -0.376 e. The highest BCUT2D eigenvalue weighted by Gasteiger charge is 2.48. The quantitative estimate of drug-likeness (QED) is 0.584. The molecule has 0 amide bonds. The van der Waals surface area contributed by atoms with E-state index in [2.05, 4.69) is 14.4 Å². The molecule has 120 valence electrons. The SMILES string of the molecule is O=S(=O)(Oc1ccc2c(-c3ccccc3)n[nH]c2c1)C(F)(F)F. The molecule has 1 aromatic heterocycles. The molecule has 0 radical (unpaired) electrons. The van der Waals surface area contributed by atoms with E-state index >= 15 is 0 Å². The van der Waals surface area contributed by atoms with Gasteiger partial charge < -0.3 is 4.18 Å². The average Bonchev–Trinajstić information content (AvgIpc) is 2.89. The number of benzene rings is 2. The fourth-order valence-corrected chi connectivity index (χ4v) is 2.49. The van der Waals surface area contributed by atoms with Crippen LogP contribution in [0.2, 0.25) is 0 Å². The van der Waals surface area contributed by atoms with Gasteiger partial charge in [-0.15, -0.1) is 0 Å². The molecule has 0 bridgehead atoms. The third-order valence-electron chi connectivity index (χ3n) is 3.07. The minimum absolute atomic E-state index is 0.360. The van der Waals surface area contributed by atoms with E-state index in [9.17, 15) is 21.6 Å². The number of aromatic nitrogens is 2. The molecule has 9 heteroatoms. The molecule has 0 fully saturated rings. The maximum absolute atomic E-state index is 12.3. The monoisotopic (exact) mass is 342 g/mol. The molecule has 0 atom stereocenters. The molecule has 0 unspecified atom stereocenters. The highest BCUT2D eigenvalue weighted by atomic mass is 32.2. The Morgan fingerprint density at radius 1 is 1.04 bits per heavy atom. The lowest BCUT2D eigenvalue weighted by molar-refractivity contribution is -0.0500. The summed E-state index contributed by atoms with van der Waals surface area (Å²) in [6, 6.07) is 12.9. The molecule has 1 heterocycles. The molecule has 1 N–H and O–H groups in total. The molecule has 3 aromatic rings. The summed E-state index contributed by atoms with van der Waals surface area (Å²) >= 11 is 0. The fourth-order valence-electron chi connectivity index (χ4n) is 2.04. The Morgan fingerprint density at radius 3 is 2.39 bits per heavy atom. The van der Waals surface area contributed by atoms with Gasteiger partial charge in [0.1, 0.15) is 5.75 Å². The number of rotatable bonds is 3. The van der Waals surface area contributed by atoms with Crippen molar-refractivity contribution in [2.24, 2.45) is 0 Å². The predicted molar refractivity (Wildman–Crippen MR) is 77.1 cm³/mol. The number of hydrogen-bond acceptors (Lipinski definition) is 4. The number of aromatic amines is 1. The third kappa shape index (κ3) is 2.87. The van der Waals surface area contributed by atoms with Gasteiger partial charge in [0.2, 0.25) is 0 Å². The molecule has 0 saturated carbocycles. The number of H-pyrrole nitrogens is 1. The molecule has 3 rings (SSSR count). The van der Waals surface area contributed by atoms with Crippen LogP contribution in [0.25, 0.3) is 22.2 Å². The zero-order valence-electron chi connectivity index (χ0n) is 11.3. The van der Waals surface area contributed by atoms with Crippen LogP contribution in [-0.4, -0.2) is 24.1 Å². The minimum atomic E-state index is -5.70. The summed E-state index contributed by atoms with van der Waals surface area (Å²) in [7, 11) is -5.70. The molecule has 2 aromatic carbocycles. The smallest absolute Gasteiger partial charge is 0.376 e. The zero-order chi connectivity index (χ0) is 16.7. The van der Waals surface area contributed by atoms with E-state index in [0.717, 1.165) is 17.7 Å². The van der Waals surface area contributed by atoms with Crippen molar-refractivity contribution in [3.8, 4) is 17.0 Å². The van der Waals surface area contributed by atoms with Crippen molar-refractivity contribution in [2.75, 3.05) is 0 Å². The summed E-state index contributed by atoms with van der Waals surface area (Å²) in [4.78, 5) is 0. The van der Waals surface area contributed by atoms with Crippen molar-refractivity contribution < 1.29 is 25.8 Å². The average molecular weight is 342 g/mol. The second-order valence-electron chi connectivity index (χ2n) is 4.63. The lowest BCUT2D eigenvalue weighted by Gasteiger charge is -2.09. The molecule has 0 aliphatic rings. The molecular weight excluding hydrogens is 333 g/mol. The topological polar surface area (TPSA) is 72.1 Å². The number of fused-ring (bicyclic) bond motifs is 1. The van der Waals surface area contributed by atoms with Gasteiger partial charge in [0, 0.05) is 17.0 Å². The van der Waals surface area contributed by atoms with Crippen molar-refractivity contribution in [3.63, 3.8) is 0 Å². The van der Waals surface area contributed by atoms with E-state index in [1.807, 2.05) is 30.3 Å². The van der Waals surface area contributed by atoms with Gasteiger partial charge in [-0.05, 0) is 12.1 Å². The summed E-state index contributed by atoms with van der Waals surface area (Å²) in [5, 5.41) is 7.38. The van der Waals surface area contributed by atoms with E-state index in [-0.39, 0.29) is 0 Å². The zero-order valence-corrected chi connectivity index (χ0v) is 12.1. The van der Waals surface area contributed by atoms with Crippen molar-refractivity contribution >= 4 is 21.0 Å². The standard InChI is InChI=1S/C14H9F3N2O3S/c15-14(16,17)23(20,21)22-10-6-7-11-12(8-10)18-19-13(11)9-4-2-1-3-5-9/h1-8H,(H,18,19). The van der Waals surface area contributed by atoms with Crippen LogP contribution in [0.1, 0.15) is 0 Å². The van der Waals surface area contributed by atoms with Gasteiger partial charge in [-0.25, -0.2) is 0 Å². The fraction of sp³-hybridized carbons (Fsp3) is 0.0714. The van der Waals surface area contributed by atoms with Crippen LogP contribution in [0.15, 0.2) is 48.5 Å². The van der Waals surface area contributed by atoms with Crippen LogP contribution < -0.4 is 4.18 Å². The van der Waals surface area contributed by atoms with Crippen LogP contribution in [0.3, 0.4) is 0 Å². The first kappa shape index (κ1) is 15.3. The van der Waals surface area contributed by atoms with Crippen LogP contribution in [0.5, 0.6) is 5.75 Å².